The highest BCUT2D eigenvalue weighted by Crippen LogP contribution is 2.54. The van der Waals surface area contributed by atoms with Crippen LogP contribution in [0.4, 0.5) is 0 Å². The molecular formula is C24H24N4O. The summed E-state index contributed by atoms with van der Waals surface area (Å²) in [6.07, 6.45) is 11.3. The third-order valence-electron chi connectivity index (χ3n) is 7.32. The molecule has 0 unspecified atom stereocenters. The second kappa shape index (κ2) is 5.48. The number of benzene rings is 1. The van der Waals surface area contributed by atoms with Crippen LogP contribution in [-0.4, -0.2) is 19.7 Å². The molecule has 0 radical (unpaired) electrons. The average molecular weight is 384 g/mol. The number of aromatic nitrogens is 4. The van der Waals surface area contributed by atoms with E-state index in [4.69, 9.17) is 9.72 Å². The lowest BCUT2D eigenvalue weighted by Gasteiger charge is -2.24. The van der Waals surface area contributed by atoms with E-state index in [0.29, 0.717) is 12.5 Å². The van der Waals surface area contributed by atoms with Crippen LogP contribution in [0.5, 0.6) is 0 Å². The minimum Gasteiger partial charge on any atom is -0.366 e. The Kier molecular flexibility index (Phi) is 3.06. The molecule has 1 aromatic carbocycles. The van der Waals surface area contributed by atoms with Crippen LogP contribution in [0.1, 0.15) is 61.3 Å². The molecule has 5 nitrogen and oxygen atoms in total. The molecule has 1 N–H and O–H groups in total. The van der Waals surface area contributed by atoms with E-state index >= 15 is 0 Å². The van der Waals surface area contributed by atoms with Gasteiger partial charge in [0.1, 0.15) is 5.65 Å². The highest BCUT2D eigenvalue weighted by atomic mass is 16.5. The van der Waals surface area contributed by atoms with Crippen LogP contribution in [0.2, 0.25) is 0 Å². The highest BCUT2D eigenvalue weighted by Gasteiger charge is 2.45. The summed E-state index contributed by atoms with van der Waals surface area (Å²) in [6, 6.07) is 6.76. The lowest BCUT2D eigenvalue weighted by molar-refractivity contribution is -0.0317. The topological polar surface area (TPSA) is 55.7 Å². The van der Waals surface area contributed by atoms with Gasteiger partial charge in [0.15, 0.2) is 0 Å². The van der Waals surface area contributed by atoms with E-state index in [2.05, 4.69) is 28.3 Å². The number of ether oxygens (including phenoxy) is 1. The normalized spacial score (nSPS) is 20.3. The van der Waals surface area contributed by atoms with Crippen molar-refractivity contribution in [3.05, 3.63) is 47.4 Å². The van der Waals surface area contributed by atoms with Crippen LogP contribution in [0.25, 0.3) is 33.1 Å². The van der Waals surface area contributed by atoms with Gasteiger partial charge in [-0.05, 0) is 49.3 Å². The standard InChI is InChI=1S/C24H24N4O/c1-28-18-7-6-15(10-16(18)12-26-28)19-20-21-17(13-29-24(21)8-2-3-9-24)11-25-23(20)27-22(19)14-4-5-14/h6-7,10-12,14H,2-5,8-9,13H2,1H3,(H,25,27). The fourth-order valence-corrected chi connectivity index (χ4v) is 5.77. The molecule has 0 atom stereocenters. The van der Waals surface area contributed by atoms with E-state index in [-0.39, 0.29) is 5.60 Å². The summed E-state index contributed by atoms with van der Waals surface area (Å²) in [6.45, 7) is 0.698. The molecule has 5 heteroatoms. The number of rotatable bonds is 2. The summed E-state index contributed by atoms with van der Waals surface area (Å²) in [5.74, 6) is 0.626. The van der Waals surface area contributed by atoms with Crippen LogP contribution in [0.3, 0.4) is 0 Å². The zero-order valence-corrected chi connectivity index (χ0v) is 16.7. The number of H-pyrrole nitrogens is 1. The predicted molar refractivity (Wildman–Crippen MR) is 113 cm³/mol. The Balaban J connectivity index is 1.56. The number of nitrogens with zero attached hydrogens (tertiary/aromatic N) is 3. The van der Waals surface area contributed by atoms with Gasteiger partial charge in [0, 0.05) is 46.4 Å². The first-order chi connectivity index (χ1) is 14.2. The fraction of sp³-hybridized carbons (Fsp3) is 0.417. The summed E-state index contributed by atoms with van der Waals surface area (Å²) in [5.41, 5.74) is 8.79. The van der Waals surface area contributed by atoms with Gasteiger partial charge < -0.3 is 9.72 Å². The summed E-state index contributed by atoms with van der Waals surface area (Å²) < 4.78 is 8.40. The molecule has 29 heavy (non-hydrogen) atoms. The third kappa shape index (κ3) is 2.14. The van der Waals surface area contributed by atoms with Crippen LogP contribution in [0, 0.1) is 0 Å². The number of fused-ring (bicyclic) bond motifs is 5. The Morgan fingerprint density at radius 3 is 2.86 bits per heavy atom. The first-order valence-electron chi connectivity index (χ1n) is 10.8. The molecule has 3 aromatic heterocycles. The maximum absolute atomic E-state index is 6.46. The lowest BCUT2D eigenvalue weighted by atomic mass is 9.86. The van der Waals surface area contributed by atoms with E-state index in [9.17, 15) is 0 Å². The van der Waals surface area contributed by atoms with Crippen LogP contribution in [0.15, 0.2) is 30.6 Å². The smallest absolute Gasteiger partial charge is 0.138 e. The van der Waals surface area contributed by atoms with Crippen molar-refractivity contribution in [1.82, 2.24) is 19.7 Å². The third-order valence-corrected chi connectivity index (χ3v) is 7.32. The van der Waals surface area contributed by atoms with Crippen molar-refractivity contribution in [2.24, 2.45) is 7.05 Å². The molecule has 0 amide bonds. The molecule has 1 spiro atoms. The Labute approximate surface area is 169 Å². The Morgan fingerprint density at radius 1 is 1.17 bits per heavy atom. The van der Waals surface area contributed by atoms with E-state index in [1.807, 2.05) is 24.1 Å². The predicted octanol–water partition coefficient (Wildman–Crippen LogP) is 5.29. The van der Waals surface area contributed by atoms with Gasteiger partial charge in [-0.25, -0.2) is 4.98 Å². The monoisotopic (exact) mass is 384 g/mol. The van der Waals surface area contributed by atoms with Crippen LogP contribution < -0.4 is 0 Å². The number of nitrogens with one attached hydrogen (secondary N) is 1. The Hall–Kier alpha value is -2.66. The van der Waals surface area contributed by atoms with Crippen molar-refractivity contribution < 1.29 is 4.74 Å². The van der Waals surface area contributed by atoms with Gasteiger partial charge in [-0.1, -0.05) is 18.9 Å². The first-order valence-corrected chi connectivity index (χ1v) is 10.8. The Morgan fingerprint density at radius 2 is 2.03 bits per heavy atom. The number of aromatic amines is 1. The molecule has 0 saturated heterocycles. The van der Waals surface area contributed by atoms with E-state index in [0.717, 1.165) is 18.5 Å². The molecule has 7 rings (SSSR count). The van der Waals surface area contributed by atoms with Gasteiger partial charge >= 0.3 is 0 Å². The summed E-state index contributed by atoms with van der Waals surface area (Å²) >= 11 is 0. The number of pyridine rings is 1. The van der Waals surface area contributed by atoms with Crippen molar-refractivity contribution >= 4 is 21.9 Å². The molecule has 0 bridgehead atoms. The quantitative estimate of drug-likeness (QED) is 0.511. The highest BCUT2D eigenvalue weighted by molar-refractivity contribution is 6.01. The summed E-state index contributed by atoms with van der Waals surface area (Å²) in [7, 11) is 2.00. The van der Waals surface area contributed by atoms with Gasteiger partial charge in [0.05, 0.1) is 23.9 Å². The van der Waals surface area contributed by atoms with Gasteiger partial charge in [-0.2, -0.15) is 5.10 Å². The van der Waals surface area contributed by atoms with E-state index in [1.54, 1.807) is 0 Å². The average Bonchev–Trinajstić information content (AvgIpc) is 3.07. The summed E-state index contributed by atoms with van der Waals surface area (Å²) in [4.78, 5) is 8.57. The molecule has 4 heterocycles. The zero-order chi connectivity index (χ0) is 19.2. The maximum Gasteiger partial charge on any atom is 0.138 e. The van der Waals surface area contributed by atoms with Gasteiger partial charge in [-0.3, -0.25) is 4.68 Å². The van der Waals surface area contributed by atoms with Crippen molar-refractivity contribution in [1.29, 1.82) is 0 Å². The van der Waals surface area contributed by atoms with Gasteiger partial charge in [-0.15, -0.1) is 0 Å². The zero-order valence-electron chi connectivity index (χ0n) is 16.7. The molecule has 1 aliphatic heterocycles. The number of aryl methyl sites for hydroxylation is 1. The lowest BCUT2D eigenvalue weighted by Crippen LogP contribution is -2.20. The minimum atomic E-state index is -0.104. The SMILES string of the molecule is Cn1ncc2cc(-c3c(C4CC4)[nH]c4ncc5c(c34)C3(CCCC3)OC5)ccc21. The molecule has 4 aromatic rings. The van der Waals surface area contributed by atoms with Crippen molar-refractivity contribution in [2.45, 2.75) is 56.7 Å². The number of hydrogen-bond acceptors (Lipinski definition) is 3. The van der Waals surface area contributed by atoms with E-state index < -0.39 is 0 Å². The summed E-state index contributed by atoms with van der Waals surface area (Å²) in [5, 5.41) is 6.94. The van der Waals surface area contributed by atoms with Gasteiger partial charge in [0.25, 0.3) is 0 Å². The molecule has 146 valence electrons. The molecule has 2 saturated carbocycles. The molecule has 3 aliphatic rings. The maximum atomic E-state index is 6.46. The van der Waals surface area contributed by atoms with Crippen LogP contribution >= 0.6 is 0 Å². The van der Waals surface area contributed by atoms with Crippen LogP contribution in [-0.2, 0) is 24.0 Å². The van der Waals surface area contributed by atoms with Crippen molar-refractivity contribution in [3.63, 3.8) is 0 Å². The van der Waals surface area contributed by atoms with Crippen molar-refractivity contribution in [2.75, 3.05) is 0 Å². The second-order valence-electron chi connectivity index (χ2n) is 9.10. The fourth-order valence-electron chi connectivity index (χ4n) is 5.77. The molecule has 2 aliphatic carbocycles. The number of hydrogen-bond donors (Lipinski definition) is 1. The second-order valence-corrected chi connectivity index (χ2v) is 9.10. The minimum absolute atomic E-state index is 0.104. The molecule has 2 fully saturated rings. The van der Waals surface area contributed by atoms with E-state index in [1.165, 1.54) is 69.9 Å². The van der Waals surface area contributed by atoms with Gasteiger partial charge in [0.2, 0.25) is 0 Å². The first kappa shape index (κ1) is 16.2. The largest absolute Gasteiger partial charge is 0.366 e. The van der Waals surface area contributed by atoms with Crippen molar-refractivity contribution in [3.8, 4) is 11.1 Å². The Bertz CT molecular complexity index is 1290. The molecular weight excluding hydrogens is 360 g/mol.